The van der Waals surface area contributed by atoms with E-state index in [9.17, 15) is 18.0 Å². The minimum absolute atomic E-state index is 0.101. The molecule has 42 heavy (non-hydrogen) atoms. The summed E-state index contributed by atoms with van der Waals surface area (Å²) in [6, 6.07) is 22.8. The molecule has 0 aromatic heterocycles. The van der Waals surface area contributed by atoms with Gasteiger partial charge in [0.15, 0.2) is 0 Å². The molecule has 3 aromatic carbocycles. The number of para-hydroxylation sites is 1. The number of hydrogen-bond acceptors (Lipinski definition) is 4. The Morgan fingerprint density at radius 3 is 2.17 bits per heavy atom. The molecule has 3 aromatic rings. The number of rotatable bonds is 12. The van der Waals surface area contributed by atoms with Gasteiger partial charge in [0.2, 0.25) is 11.8 Å². The summed E-state index contributed by atoms with van der Waals surface area (Å²) in [5.74, 6) is -0.610. The maximum Gasteiger partial charge on any atom is 0.264 e. The van der Waals surface area contributed by atoms with Gasteiger partial charge in [-0.25, -0.2) is 8.42 Å². The molecule has 0 unspecified atom stereocenters. The lowest BCUT2D eigenvalue weighted by Gasteiger charge is -2.35. The monoisotopic (exact) mass is 589 g/mol. The van der Waals surface area contributed by atoms with Crippen molar-refractivity contribution < 1.29 is 18.0 Å². The van der Waals surface area contributed by atoms with Crippen LogP contribution in [0.2, 0.25) is 0 Å². The van der Waals surface area contributed by atoms with Gasteiger partial charge in [0.05, 0.1) is 10.6 Å². The lowest BCUT2D eigenvalue weighted by Crippen LogP contribution is -2.54. The molecule has 1 aliphatic carbocycles. The predicted molar refractivity (Wildman–Crippen MR) is 168 cm³/mol. The van der Waals surface area contributed by atoms with E-state index in [-0.39, 0.29) is 23.4 Å². The zero-order chi connectivity index (χ0) is 30.1. The van der Waals surface area contributed by atoms with E-state index in [0.29, 0.717) is 18.5 Å². The average molecular weight is 590 g/mol. The Morgan fingerprint density at radius 2 is 1.52 bits per heavy atom. The molecule has 0 radical (unpaired) electrons. The van der Waals surface area contributed by atoms with E-state index >= 15 is 0 Å². The third-order valence-corrected chi connectivity index (χ3v) is 9.84. The van der Waals surface area contributed by atoms with Crippen LogP contribution in [0.4, 0.5) is 5.69 Å². The lowest BCUT2D eigenvalue weighted by molar-refractivity contribution is -0.140. The molecule has 1 saturated carbocycles. The maximum atomic E-state index is 14.3. The van der Waals surface area contributed by atoms with Crippen molar-refractivity contribution >= 4 is 27.5 Å². The number of nitrogens with one attached hydrogen (secondary N) is 1. The molecule has 2 amide bonds. The van der Waals surface area contributed by atoms with Gasteiger partial charge in [-0.05, 0) is 61.9 Å². The first kappa shape index (κ1) is 31.3. The molecule has 4 rings (SSSR count). The molecule has 1 fully saturated rings. The van der Waals surface area contributed by atoms with Crippen molar-refractivity contribution in [2.24, 2.45) is 0 Å². The van der Waals surface area contributed by atoms with E-state index in [4.69, 9.17) is 0 Å². The molecule has 0 heterocycles. The Labute approximate surface area is 251 Å². The summed E-state index contributed by atoms with van der Waals surface area (Å²) in [6.45, 7) is 5.53. The number of benzene rings is 3. The summed E-state index contributed by atoms with van der Waals surface area (Å²) in [6.07, 6.45) is 6.21. The average Bonchev–Trinajstić information content (AvgIpc) is 3.00. The SMILES string of the molecule is CCc1ccccc1N(CC(=O)N(Cc1ccccc1)[C@@H](CC)C(=O)NC1CCCCC1)S(=O)(=O)c1ccc(C)cc1. The van der Waals surface area contributed by atoms with Crippen molar-refractivity contribution in [3.8, 4) is 0 Å². The topological polar surface area (TPSA) is 86.8 Å². The van der Waals surface area contributed by atoms with Crippen LogP contribution < -0.4 is 9.62 Å². The molecule has 0 bridgehead atoms. The second kappa shape index (κ2) is 14.5. The first-order valence-electron chi connectivity index (χ1n) is 15.1. The minimum Gasteiger partial charge on any atom is -0.352 e. The highest BCUT2D eigenvalue weighted by Crippen LogP contribution is 2.29. The van der Waals surface area contributed by atoms with Gasteiger partial charge < -0.3 is 10.2 Å². The second-order valence-electron chi connectivity index (χ2n) is 11.1. The Hall–Kier alpha value is -3.65. The Balaban J connectivity index is 1.72. The van der Waals surface area contributed by atoms with Crippen LogP contribution in [0, 0.1) is 6.92 Å². The standard InChI is InChI=1S/C34H43N3O4S/c1-4-28-16-12-13-19-32(28)37(42(40,41)30-22-20-26(3)21-23-30)25-33(38)36(24-27-14-8-6-9-15-27)31(5-2)34(39)35-29-17-10-7-11-18-29/h6,8-9,12-16,19-23,29,31H,4-5,7,10-11,17-18,24-25H2,1-3H3,(H,35,39)/t31-/m0/s1. The van der Waals surface area contributed by atoms with Gasteiger partial charge in [-0.1, -0.05) is 99.3 Å². The van der Waals surface area contributed by atoms with Crippen LogP contribution in [-0.4, -0.2) is 43.8 Å². The zero-order valence-corrected chi connectivity index (χ0v) is 25.8. The third kappa shape index (κ3) is 7.59. The quantitative estimate of drug-likeness (QED) is 0.280. The fourth-order valence-electron chi connectivity index (χ4n) is 5.65. The number of aryl methyl sites for hydroxylation is 2. The van der Waals surface area contributed by atoms with Crippen LogP contribution in [0.5, 0.6) is 0 Å². The Morgan fingerprint density at radius 1 is 0.881 bits per heavy atom. The van der Waals surface area contributed by atoms with Crippen molar-refractivity contribution in [3.63, 3.8) is 0 Å². The Kier molecular flexibility index (Phi) is 10.8. The van der Waals surface area contributed by atoms with Crippen LogP contribution in [-0.2, 0) is 32.6 Å². The number of carbonyl (C=O) groups excluding carboxylic acids is 2. The normalized spacial score (nSPS) is 14.6. The Bertz CT molecular complexity index is 1440. The first-order chi connectivity index (χ1) is 20.2. The number of hydrogen-bond donors (Lipinski definition) is 1. The molecule has 0 aliphatic heterocycles. The summed E-state index contributed by atoms with van der Waals surface area (Å²) >= 11 is 0. The van der Waals surface area contributed by atoms with Crippen molar-refractivity contribution in [1.29, 1.82) is 0 Å². The summed E-state index contributed by atoms with van der Waals surface area (Å²) in [5, 5.41) is 3.19. The van der Waals surface area contributed by atoms with Crippen LogP contribution in [0.1, 0.15) is 69.1 Å². The number of nitrogens with zero attached hydrogens (tertiary/aromatic N) is 2. The van der Waals surface area contributed by atoms with E-state index in [2.05, 4.69) is 5.32 Å². The zero-order valence-electron chi connectivity index (χ0n) is 25.0. The molecular weight excluding hydrogens is 546 g/mol. The van der Waals surface area contributed by atoms with Crippen molar-refractivity contribution in [1.82, 2.24) is 10.2 Å². The summed E-state index contributed by atoms with van der Waals surface area (Å²) in [7, 11) is -4.09. The summed E-state index contributed by atoms with van der Waals surface area (Å²) in [5.41, 5.74) is 3.09. The highest BCUT2D eigenvalue weighted by molar-refractivity contribution is 7.92. The molecule has 224 valence electrons. The van der Waals surface area contributed by atoms with Gasteiger partial charge in [0, 0.05) is 12.6 Å². The smallest absolute Gasteiger partial charge is 0.264 e. The number of sulfonamides is 1. The van der Waals surface area contributed by atoms with Gasteiger partial charge >= 0.3 is 0 Å². The van der Waals surface area contributed by atoms with Gasteiger partial charge in [0.25, 0.3) is 10.0 Å². The highest BCUT2D eigenvalue weighted by Gasteiger charge is 2.35. The highest BCUT2D eigenvalue weighted by atomic mass is 32.2. The van der Waals surface area contributed by atoms with Gasteiger partial charge in [0.1, 0.15) is 12.6 Å². The van der Waals surface area contributed by atoms with E-state index < -0.39 is 28.5 Å². The van der Waals surface area contributed by atoms with Gasteiger partial charge in [-0.3, -0.25) is 13.9 Å². The molecule has 0 saturated heterocycles. The van der Waals surface area contributed by atoms with Gasteiger partial charge in [-0.2, -0.15) is 0 Å². The predicted octanol–water partition coefficient (Wildman–Crippen LogP) is 6.01. The fraction of sp³-hybridized carbons (Fsp3) is 0.412. The molecule has 0 spiro atoms. The van der Waals surface area contributed by atoms with Crippen LogP contribution >= 0.6 is 0 Å². The van der Waals surface area contributed by atoms with Crippen molar-refractivity contribution in [3.05, 3.63) is 95.6 Å². The van der Waals surface area contributed by atoms with Crippen molar-refractivity contribution in [2.45, 2.75) is 89.2 Å². The molecule has 1 aliphatic rings. The van der Waals surface area contributed by atoms with Gasteiger partial charge in [-0.15, -0.1) is 0 Å². The lowest BCUT2D eigenvalue weighted by atomic mass is 9.95. The molecule has 7 nitrogen and oxygen atoms in total. The van der Waals surface area contributed by atoms with E-state index in [1.54, 1.807) is 41.3 Å². The number of anilines is 1. The largest absolute Gasteiger partial charge is 0.352 e. The number of amides is 2. The van der Waals surface area contributed by atoms with E-state index in [1.807, 2.05) is 63.2 Å². The van der Waals surface area contributed by atoms with E-state index in [1.165, 1.54) is 10.7 Å². The molecule has 8 heteroatoms. The number of carbonyl (C=O) groups is 2. The molecule has 1 N–H and O–H groups in total. The van der Waals surface area contributed by atoms with Crippen LogP contribution in [0.3, 0.4) is 0 Å². The first-order valence-corrected chi connectivity index (χ1v) is 16.5. The fourth-order valence-corrected chi connectivity index (χ4v) is 7.10. The second-order valence-corrected chi connectivity index (χ2v) is 12.9. The minimum atomic E-state index is -4.09. The van der Waals surface area contributed by atoms with Crippen LogP contribution in [0.25, 0.3) is 0 Å². The van der Waals surface area contributed by atoms with Crippen molar-refractivity contribution in [2.75, 3.05) is 10.8 Å². The third-order valence-electron chi connectivity index (χ3n) is 8.06. The molecule has 1 atom stereocenters. The van der Waals surface area contributed by atoms with E-state index in [0.717, 1.165) is 42.4 Å². The molecular formula is C34H43N3O4S. The maximum absolute atomic E-state index is 14.3. The summed E-state index contributed by atoms with van der Waals surface area (Å²) in [4.78, 5) is 29.6. The summed E-state index contributed by atoms with van der Waals surface area (Å²) < 4.78 is 29.5. The van der Waals surface area contributed by atoms with Crippen LogP contribution in [0.15, 0.2) is 83.8 Å².